The summed E-state index contributed by atoms with van der Waals surface area (Å²) >= 11 is 0. The number of methoxy groups -OCH3 is 1. The molecule has 0 spiro atoms. The number of esters is 1. The quantitative estimate of drug-likeness (QED) is 0.557. The number of ether oxygens (including phenoxy) is 3. The largest absolute Gasteiger partial charge is 0.466 e. The fourth-order valence-corrected chi connectivity index (χ4v) is 2.48. The van der Waals surface area contributed by atoms with Crippen molar-refractivity contribution in [2.45, 2.75) is 50.4 Å². The molecule has 0 unspecified atom stereocenters. The van der Waals surface area contributed by atoms with Crippen molar-refractivity contribution in [1.82, 2.24) is 0 Å². The predicted molar refractivity (Wildman–Crippen MR) is 62.6 cm³/mol. The maximum atomic E-state index is 11.0. The fourth-order valence-electron chi connectivity index (χ4n) is 2.48. The van der Waals surface area contributed by atoms with E-state index in [1.807, 2.05) is 6.92 Å². The van der Waals surface area contributed by atoms with Crippen molar-refractivity contribution < 1.29 is 19.0 Å². The summed E-state index contributed by atoms with van der Waals surface area (Å²) in [4.78, 5) is 11.0. The van der Waals surface area contributed by atoms with Gasteiger partial charge in [0.1, 0.15) is 0 Å². The third-order valence-electron chi connectivity index (χ3n) is 3.44. The molecule has 2 aliphatic rings. The van der Waals surface area contributed by atoms with Crippen molar-refractivity contribution in [3.63, 3.8) is 0 Å². The molecule has 1 saturated carbocycles. The van der Waals surface area contributed by atoms with Crippen LogP contribution in [0.15, 0.2) is 12.2 Å². The maximum absolute atomic E-state index is 11.0. The summed E-state index contributed by atoms with van der Waals surface area (Å²) in [5.74, 6) is -0.330. The molecule has 0 aromatic heterocycles. The van der Waals surface area contributed by atoms with Crippen LogP contribution < -0.4 is 0 Å². The first-order valence-electron chi connectivity index (χ1n) is 6.17. The van der Waals surface area contributed by atoms with Crippen molar-refractivity contribution in [3.8, 4) is 0 Å². The van der Waals surface area contributed by atoms with Gasteiger partial charge in [-0.15, -0.1) is 0 Å². The van der Waals surface area contributed by atoms with Crippen LogP contribution in [-0.2, 0) is 19.0 Å². The second-order valence-corrected chi connectivity index (χ2v) is 5.02. The Hall–Kier alpha value is -0.870. The van der Waals surface area contributed by atoms with Gasteiger partial charge >= 0.3 is 5.97 Å². The third kappa shape index (κ3) is 3.07. The van der Waals surface area contributed by atoms with Gasteiger partial charge in [-0.2, -0.15) is 0 Å². The molecule has 0 aromatic rings. The summed E-state index contributed by atoms with van der Waals surface area (Å²) in [6, 6.07) is 0. The first-order chi connectivity index (χ1) is 8.13. The highest BCUT2D eigenvalue weighted by Gasteiger charge is 2.41. The Morgan fingerprint density at radius 2 is 2.24 bits per heavy atom. The minimum atomic E-state index is -0.330. The normalized spacial score (nSPS) is 37.1. The number of rotatable bonds is 3. The summed E-state index contributed by atoms with van der Waals surface area (Å²) in [6.07, 6.45) is 7.81. The highest BCUT2D eigenvalue weighted by atomic mass is 16.6. The standard InChI is InChI=1S/C13H20O4/c1-13(8-4-7-12(14)15-2)9-16-10-5-3-6-11(10)17-13/h4,7,10-11H,3,5-6,8-9H2,1-2H3/b7-4+/t10-,11-,13-/m1/s1. The maximum Gasteiger partial charge on any atom is 0.330 e. The van der Waals surface area contributed by atoms with Crippen LogP contribution in [0.4, 0.5) is 0 Å². The summed E-state index contributed by atoms with van der Waals surface area (Å²) in [7, 11) is 1.37. The minimum absolute atomic E-state index is 0.236. The van der Waals surface area contributed by atoms with Gasteiger partial charge in [-0.3, -0.25) is 0 Å². The van der Waals surface area contributed by atoms with Crippen LogP contribution in [0.25, 0.3) is 0 Å². The van der Waals surface area contributed by atoms with E-state index in [4.69, 9.17) is 9.47 Å². The number of carbonyl (C=O) groups excluding carboxylic acids is 1. The first kappa shape index (κ1) is 12.6. The molecule has 1 aliphatic carbocycles. The molecule has 0 amide bonds. The molecule has 0 radical (unpaired) electrons. The average Bonchev–Trinajstić information content (AvgIpc) is 2.75. The third-order valence-corrected chi connectivity index (χ3v) is 3.44. The molecule has 2 fully saturated rings. The summed E-state index contributed by atoms with van der Waals surface area (Å²) in [5, 5.41) is 0. The lowest BCUT2D eigenvalue weighted by molar-refractivity contribution is -0.213. The van der Waals surface area contributed by atoms with E-state index in [0.717, 1.165) is 12.8 Å². The Kier molecular flexibility index (Phi) is 3.84. The van der Waals surface area contributed by atoms with E-state index in [9.17, 15) is 4.79 Å². The zero-order chi connectivity index (χ0) is 12.3. The van der Waals surface area contributed by atoms with Crippen molar-refractivity contribution in [2.75, 3.05) is 13.7 Å². The van der Waals surface area contributed by atoms with Crippen LogP contribution in [-0.4, -0.2) is 37.5 Å². The van der Waals surface area contributed by atoms with Crippen LogP contribution in [0.2, 0.25) is 0 Å². The Labute approximate surface area is 102 Å². The van der Waals surface area contributed by atoms with Gasteiger partial charge in [0.2, 0.25) is 0 Å². The Balaban J connectivity index is 1.87. The molecule has 0 N–H and O–H groups in total. The zero-order valence-electron chi connectivity index (χ0n) is 10.5. The molecule has 96 valence electrons. The lowest BCUT2D eigenvalue weighted by Crippen LogP contribution is -2.47. The van der Waals surface area contributed by atoms with E-state index in [0.29, 0.717) is 13.0 Å². The van der Waals surface area contributed by atoms with Gasteiger partial charge in [0.25, 0.3) is 0 Å². The summed E-state index contributed by atoms with van der Waals surface area (Å²) in [5.41, 5.74) is -0.309. The second-order valence-electron chi connectivity index (χ2n) is 5.02. The number of carbonyl (C=O) groups is 1. The molecule has 1 heterocycles. The molecule has 4 heteroatoms. The van der Waals surface area contributed by atoms with E-state index in [2.05, 4.69) is 4.74 Å². The van der Waals surface area contributed by atoms with Gasteiger partial charge < -0.3 is 14.2 Å². The van der Waals surface area contributed by atoms with Gasteiger partial charge in [-0.05, 0) is 32.6 Å². The van der Waals surface area contributed by atoms with Gasteiger partial charge in [0, 0.05) is 6.08 Å². The Morgan fingerprint density at radius 1 is 1.47 bits per heavy atom. The molecular formula is C13H20O4. The van der Waals surface area contributed by atoms with Crippen molar-refractivity contribution >= 4 is 5.97 Å². The molecule has 1 aliphatic heterocycles. The SMILES string of the molecule is COC(=O)/C=C/C[C@]1(C)CO[C@@H]2CCC[C@H]2O1. The van der Waals surface area contributed by atoms with Gasteiger partial charge in [0.15, 0.2) is 0 Å². The fraction of sp³-hybridized carbons (Fsp3) is 0.769. The molecule has 3 atom stereocenters. The van der Waals surface area contributed by atoms with Crippen LogP contribution in [0.1, 0.15) is 32.6 Å². The predicted octanol–water partition coefficient (Wildman–Crippen LogP) is 1.83. The average molecular weight is 240 g/mol. The lowest BCUT2D eigenvalue weighted by atomic mass is 10.0. The van der Waals surface area contributed by atoms with E-state index < -0.39 is 0 Å². The number of fused-ring (bicyclic) bond motifs is 1. The number of hydrogen-bond acceptors (Lipinski definition) is 4. The van der Waals surface area contributed by atoms with E-state index in [-0.39, 0.29) is 23.8 Å². The van der Waals surface area contributed by atoms with E-state index in [1.54, 1.807) is 6.08 Å². The van der Waals surface area contributed by atoms with Gasteiger partial charge in [0.05, 0.1) is 31.5 Å². The van der Waals surface area contributed by atoms with Crippen LogP contribution in [0, 0.1) is 0 Å². The molecule has 4 nitrogen and oxygen atoms in total. The van der Waals surface area contributed by atoms with E-state index in [1.165, 1.54) is 19.6 Å². The van der Waals surface area contributed by atoms with Crippen molar-refractivity contribution in [2.24, 2.45) is 0 Å². The smallest absolute Gasteiger partial charge is 0.330 e. The van der Waals surface area contributed by atoms with Gasteiger partial charge in [-0.25, -0.2) is 4.79 Å². The first-order valence-corrected chi connectivity index (χ1v) is 6.17. The van der Waals surface area contributed by atoms with Gasteiger partial charge in [-0.1, -0.05) is 6.08 Å². The second kappa shape index (κ2) is 5.19. The molecule has 2 rings (SSSR count). The van der Waals surface area contributed by atoms with Crippen LogP contribution in [0.3, 0.4) is 0 Å². The topological polar surface area (TPSA) is 44.8 Å². The van der Waals surface area contributed by atoms with Crippen molar-refractivity contribution in [1.29, 1.82) is 0 Å². The lowest BCUT2D eigenvalue weighted by Gasteiger charge is -2.40. The Bertz CT molecular complexity index is 313. The van der Waals surface area contributed by atoms with Crippen molar-refractivity contribution in [3.05, 3.63) is 12.2 Å². The molecule has 0 bridgehead atoms. The monoisotopic (exact) mass is 240 g/mol. The Morgan fingerprint density at radius 3 is 3.00 bits per heavy atom. The summed E-state index contributed by atoms with van der Waals surface area (Å²) < 4.78 is 16.5. The highest BCUT2D eigenvalue weighted by Crippen LogP contribution is 2.35. The molecule has 1 saturated heterocycles. The molecule has 17 heavy (non-hydrogen) atoms. The molecular weight excluding hydrogens is 220 g/mol. The minimum Gasteiger partial charge on any atom is -0.466 e. The van der Waals surface area contributed by atoms with E-state index >= 15 is 0 Å². The number of hydrogen-bond donors (Lipinski definition) is 0. The highest BCUT2D eigenvalue weighted by molar-refractivity contribution is 5.81. The molecule has 0 aromatic carbocycles. The summed E-state index contributed by atoms with van der Waals surface area (Å²) in [6.45, 7) is 2.63. The zero-order valence-corrected chi connectivity index (χ0v) is 10.5. The van der Waals surface area contributed by atoms with Crippen LogP contribution in [0.5, 0.6) is 0 Å². The van der Waals surface area contributed by atoms with Crippen LogP contribution >= 0.6 is 0 Å².